The van der Waals surface area contributed by atoms with Gasteiger partial charge in [0.1, 0.15) is 0 Å². The van der Waals surface area contributed by atoms with Crippen molar-refractivity contribution < 1.29 is 9.59 Å². The van der Waals surface area contributed by atoms with Crippen LogP contribution in [0.3, 0.4) is 0 Å². The van der Waals surface area contributed by atoms with Crippen molar-refractivity contribution in [1.82, 2.24) is 4.90 Å². The lowest BCUT2D eigenvalue weighted by molar-refractivity contribution is -0.123. The first-order valence-electron chi connectivity index (χ1n) is 11.2. The summed E-state index contributed by atoms with van der Waals surface area (Å²) in [5, 5.41) is 3.00. The number of benzene rings is 3. The van der Waals surface area contributed by atoms with Gasteiger partial charge in [-0.15, -0.1) is 11.8 Å². The van der Waals surface area contributed by atoms with Crippen molar-refractivity contribution in [1.29, 1.82) is 0 Å². The average molecular weight is 458 g/mol. The van der Waals surface area contributed by atoms with Crippen LogP contribution in [0, 0.1) is 20.8 Å². The number of carbonyl (C=O) groups is 2. The summed E-state index contributed by atoms with van der Waals surface area (Å²) in [5.74, 6) is 0.656. The van der Waals surface area contributed by atoms with E-state index in [-0.39, 0.29) is 11.9 Å². The zero-order chi connectivity index (χ0) is 23.2. The Morgan fingerprint density at radius 1 is 0.939 bits per heavy atom. The van der Waals surface area contributed by atoms with E-state index in [2.05, 4.69) is 42.6 Å². The SMILES string of the molecule is Cc1ccc(CN2C(=O)[C@]3(SCCN3C(=O)Nc3ccc(C)cc3)c3cc(C)ccc32)cc1. The predicted octanol–water partition coefficient (Wildman–Crippen LogP) is 5.59. The highest BCUT2D eigenvalue weighted by atomic mass is 32.2. The first kappa shape index (κ1) is 21.6. The number of rotatable bonds is 3. The van der Waals surface area contributed by atoms with Gasteiger partial charge in [0.05, 0.1) is 12.2 Å². The molecule has 0 unspecified atom stereocenters. The van der Waals surface area contributed by atoms with E-state index in [9.17, 15) is 9.59 Å². The van der Waals surface area contributed by atoms with Gasteiger partial charge in [-0.2, -0.15) is 0 Å². The Morgan fingerprint density at radius 2 is 1.58 bits per heavy atom. The quantitative estimate of drug-likeness (QED) is 0.558. The summed E-state index contributed by atoms with van der Waals surface area (Å²) in [6.07, 6.45) is 0. The number of hydrogen-bond acceptors (Lipinski definition) is 3. The molecule has 0 bridgehead atoms. The fourth-order valence-corrected chi connectivity index (χ4v) is 6.04. The largest absolute Gasteiger partial charge is 0.323 e. The summed E-state index contributed by atoms with van der Waals surface area (Å²) in [5.41, 5.74) is 6.97. The number of urea groups is 1. The fraction of sp³-hybridized carbons (Fsp3) is 0.259. The molecule has 33 heavy (non-hydrogen) atoms. The van der Waals surface area contributed by atoms with Gasteiger partial charge >= 0.3 is 6.03 Å². The minimum atomic E-state index is -1.04. The molecule has 3 aromatic carbocycles. The Bertz CT molecular complexity index is 1220. The molecule has 2 heterocycles. The molecule has 2 aliphatic heterocycles. The summed E-state index contributed by atoms with van der Waals surface area (Å²) in [4.78, 5) is 30.0. The Kier molecular flexibility index (Phi) is 5.41. The maximum Gasteiger partial charge on any atom is 0.323 e. The minimum absolute atomic E-state index is 0.0507. The van der Waals surface area contributed by atoms with E-state index in [0.29, 0.717) is 18.8 Å². The Hall–Kier alpha value is -3.25. The van der Waals surface area contributed by atoms with Crippen LogP contribution in [-0.2, 0) is 16.2 Å². The number of thioether (sulfide) groups is 1. The Balaban J connectivity index is 1.52. The summed E-state index contributed by atoms with van der Waals surface area (Å²) < 4.78 is 0. The number of carbonyl (C=O) groups excluding carboxylic acids is 2. The van der Waals surface area contributed by atoms with Crippen molar-refractivity contribution in [2.24, 2.45) is 0 Å². The van der Waals surface area contributed by atoms with Crippen LogP contribution in [0.2, 0.25) is 0 Å². The van der Waals surface area contributed by atoms with Crippen LogP contribution in [0.1, 0.15) is 27.8 Å². The molecule has 0 saturated carbocycles. The van der Waals surface area contributed by atoms with E-state index in [1.54, 1.807) is 16.7 Å². The van der Waals surface area contributed by atoms with Gasteiger partial charge in [0.15, 0.2) is 4.87 Å². The zero-order valence-electron chi connectivity index (χ0n) is 19.1. The highest BCUT2D eigenvalue weighted by Crippen LogP contribution is 2.54. The number of amides is 3. The third-order valence-electron chi connectivity index (χ3n) is 6.36. The van der Waals surface area contributed by atoms with Gasteiger partial charge in [-0.25, -0.2) is 4.79 Å². The highest BCUT2D eigenvalue weighted by Gasteiger charge is 2.59. The van der Waals surface area contributed by atoms with Gasteiger partial charge in [-0.05, 0) is 44.5 Å². The maximum absolute atomic E-state index is 14.1. The van der Waals surface area contributed by atoms with Crippen molar-refractivity contribution in [3.63, 3.8) is 0 Å². The lowest BCUT2D eigenvalue weighted by atomic mass is 10.0. The van der Waals surface area contributed by atoms with E-state index >= 15 is 0 Å². The highest BCUT2D eigenvalue weighted by molar-refractivity contribution is 8.01. The van der Waals surface area contributed by atoms with Crippen LogP contribution >= 0.6 is 11.8 Å². The average Bonchev–Trinajstić information content (AvgIpc) is 3.34. The molecule has 1 N–H and O–H groups in total. The molecule has 3 aromatic rings. The van der Waals surface area contributed by atoms with Gasteiger partial charge in [-0.3, -0.25) is 9.69 Å². The number of aryl methyl sites for hydroxylation is 3. The molecule has 5 rings (SSSR count). The second-order valence-electron chi connectivity index (χ2n) is 8.84. The van der Waals surface area contributed by atoms with Crippen molar-refractivity contribution in [3.8, 4) is 0 Å². The Morgan fingerprint density at radius 3 is 2.27 bits per heavy atom. The molecule has 1 spiro atoms. The van der Waals surface area contributed by atoms with Crippen LogP contribution in [0.5, 0.6) is 0 Å². The number of nitrogens with zero attached hydrogens (tertiary/aromatic N) is 2. The van der Waals surface area contributed by atoms with E-state index < -0.39 is 4.87 Å². The first-order valence-corrected chi connectivity index (χ1v) is 12.1. The van der Waals surface area contributed by atoms with Crippen molar-refractivity contribution in [3.05, 3.63) is 94.5 Å². The molecule has 0 radical (unpaired) electrons. The van der Waals surface area contributed by atoms with Crippen molar-refractivity contribution >= 4 is 35.1 Å². The molecule has 6 heteroatoms. The molecule has 3 amide bonds. The minimum Gasteiger partial charge on any atom is -0.308 e. The monoisotopic (exact) mass is 457 g/mol. The topological polar surface area (TPSA) is 52.7 Å². The third-order valence-corrected chi connectivity index (χ3v) is 7.78. The van der Waals surface area contributed by atoms with E-state index in [1.165, 1.54) is 5.56 Å². The molecule has 168 valence electrons. The van der Waals surface area contributed by atoms with E-state index in [1.807, 2.05) is 55.1 Å². The van der Waals surface area contributed by atoms with Gasteiger partial charge in [0.25, 0.3) is 5.91 Å². The van der Waals surface area contributed by atoms with Gasteiger partial charge in [0.2, 0.25) is 0 Å². The number of fused-ring (bicyclic) bond motifs is 2. The number of hydrogen-bond donors (Lipinski definition) is 1. The van der Waals surface area contributed by atoms with Gasteiger partial charge in [0, 0.05) is 23.5 Å². The van der Waals surface area contributed by atoms with Crippen molar-refractivity contribution in [2.75, 3.05) is 22.5 Å². The number of nitrogens with one attached hydrogen (secondary N) is 1. The number of anilines is 2. The maximum atomic E-state index is 14.1. The van der Waals surface area contributed by atoms with Crippen LogP contribution in [0.4, 0.5) is 16.2 Å². The molecule has 2 aliphatic rings. The molecular formula is C27H27N3O2S. The van der Waals surface area contributed by atoms with Crippen LogP contribution in [-0.4, -0.2) is 29.1 Å². The molecular weight excluding hydrogens is 430 g/mol. The molecule has 0 aromatic heterocycles. The molecule has 1 fully saturated rings. The second kappa shape index (κ2) is 8.27. The summed E-state index contributed by atoms with van der Waals surface area (Å²) in [7, 11) is 0. The predicted molar refractivity (Wildman–Crippen MR) is 135 cm³/mol. The van der Waals surface area contributed by atoms with Gasteiger partial charge in [-0.1, -0.05) is 65.2 Å². The second-order valence-corrected chi connectivity index (χ2v) is 10.1. The first-order chi connectivity index (χ1) is 15.9. The third kappa shape index (κ3) is 3.68. The lowest BCUT2D eigenvalue weighted by Gasteiger charge is -2.33. The van der Waals surface area contributed by atoms with E-state index in [0.717, 1.165) is 33.6 Å². The molecule has 0 aliphatic carbocycles. The van der Waals surface area contributed by atoms with Crippen LogP contribution in [0.15, 0.2) is 66.7 Å². The normalized spacial score (nSPS) is 19.3. The zero-order valence-corrected chi connectivity index (χ0v) is 19.9. The Labute approximate surface area is 198 Å². The lowest BCUT2D eigenvalue weighted by Crippen LogP contribution is -2.51. The van der Waals surface area contributed by atoms with Crippen LogP contribution in [0.25, 0.3) is 0 Å². The smallest absolute Gasteiger partial charge is 0.308 e. The summed E-state index contributed by atoms with van der Waals surface area (Å²) >= 11 is 1.55. The fourth-order valence-electron chi connectivity index (χ4n) is 4.59. The summed E-state index contributed by atoms with van der Waals surface area (Å²) in [6, 6.07) is 21.8. The van der Waals surface area contributed by atoms with Crippen LogP contribution < -0.4 is 10.2 Å². The molecule has 5 nitrogen and oxygen atoms in total. The van der Waals surface area contributed by atoms with Crippen molar-refractivity contribution in [2.45, 2.75) is 32.2 Å². The molecule has 1 atom stereocenters. The van der Waals surface area contributed by atoms with E-state index in [4.69, 9.17) is 0 Å². The standard InChI is InChI=1S/C27H27N3O2S/c1-18-4-9-21(10-5-18)17-29-24-13-8-20(3)16-23(24)27(25(29)31)30(14-15-33-27)26(32)28-22-11-6-19(2)7-12-22/h4-13,16H,14-15,17H2,1-3H3,(H,28,32)/t27-/m1/s1. The van der Waals surface area contributed by atoms with Gasteiger partial charge < -0.3 is 10.2 Å². The molecule has 1 saturated heterocycles. The summed E-state index contributed by atoms with van der Waals surface area (Å²) in [6.45, 7) is 7.08.